The first-order valence-corrected chi connectivity index (χ1v) is 9.88. The molecule has 1 saturated heterocycles. The zero-order valence-electron chi connectivity index (χ0n) is 16.1. The summed E-state index contributed by atoms with van der Waals surface area (Å²) in [6.07, 6.45) is 1.12. The molecule has 1 fully saturated rings. The van der Waals surface area contributed by atoms with Crippen LogP contribution >= 0.6 is 0 Å². The number of aromatic amines is 1. The van der Waals surface area contributed by atoms with Crippen molar-refractivity contribution in [3.05, 3.63) is 46.1 Å². The van der Waals surface area contributed by atoms with Crippen molar-refractivity contribution in [2.24, 2.45) is 0 Å². The van der Waals surface area contributed by atoms with Gasteiger partial charge in [0.25, 0.3) is 11.8 Å². The van der Waals surface area contributed by atoms with Crippen molar-refractivity contribution in [2.75, 3.05) is 11.9 Å². The number of piperidine rings is 1. The Morgan fingerprint density at radius 2 is 1.93 bits per heavy atom. The van der Waals surface area contributed by atoms with Crippen LogP contribution in [0, 0.1) is 0 Å². The van der Waals surface area contributed by atoms with Crippen molar-refractivity contribution in [3.8, 4) is 0 Å². The van der Waals surface area contributed by atoms with E-state index in [1.54, 1.807) is 18.2 Å². The average Bonchev–Trinajstić information content (AvgIpc) is 3.26. The fourth-order valence-electron chi connectivity index (χ4n) is 4.20. The number of rotatable bonds is 4. The Hall–Kier alpha value is -3.53. The van der Waals surface area contributed by atoms with E-state index >= 15 is 0 Å². The number of benzene rings is 1. The minimum Gasteiger partial charge on any atom is -0.364 e. The number of fused-ring (bicyclic) bond motifs is 2. The number of aromatic nitrogens is 2. The summed E-state index contributed by atoms with van der Waals surface area (Å²) >= 11 is 0. The molecule has 10 heteroatoms. The third-order valence-electron chi connectivity index (χ3n) is 5.77. The fraction of sp³-hybridized carbons (Fsp3) is 0.350. The lowest BCUT2D eigenvalue weighted by molar-refractivity contribution is -0.136. The van der Waals surface area contributed by atoms with Gasteiger partial charge < -0.3 is 10.6 Å². The second kappa shape index (κ2) is 7.06. The molecule has 4 N–H and O–H groups in total. The molecule has 2 aromatic rings. The summed E-state index contributed by atoms with van der Waals surface area (Å²) < 4.78 is 0. The number of imide groups is 2. The maximum atomic E-state index is 12.9. The lowest BCUT2D eigenvalue weighted by Crippen LogP contribution is -2.54. The summed E-state index contributed by atoms with van der Waals surface area (Å²) in [6, 6.07) is 4.12. The minimum atomic E-state index is -0.958. The maximum Gasteiger partial charge on any atom is 0.262 e. The molecule has 3 aliphatic heterocycles. The van der Waals surface area contributed by atoms with Gasteiger partial charge >= 0.3 is 0 Å². The van der Waals surface area contributed by atoms with Crippen LogP contribution in [0.15, 0.2) is 18.2 Å². The third kappa shape index (κ3) is 2.96. The van der Waals surface area contributed by atoms with Crippen LogP contribution in [-0.4, -0.2) is 51.3 Å². The molecule has 0 spiro atoms. The predicted molar refractivity (Wildman–Crippen MR) is 104 cm³/mol. The molecule has 3 aliphatic rings. The van der Waals surface area contributed by atoms with Gasteiger partial charge in [-0.25, -0.2) is 0 Å². The Morgan fingerprint density at radius 3 is 2.77 bits per heavy atom. The van der Waals surface area contributed by atoms with Crippen LogP contribution < -0.4 is 16.0 Å². The highest BCUT2D eigenvalue weighted by atomic mass is 16.2. The van der Waals surface area contributed by atoms with Crippen molar-refractivity contribution in [1.82, 2.24) is 25.7 Å². The van der Waals surface area contributed by atoms with Gasteiger partial charge in [-0.05, 0) is 37.1 Å². The van der Waals surface area contributed by atoms with Crippen LogP contribution in [0.2, 0.25) is 0 Å². The maximum absolute atomic E-state index is 12.9. The van der Waals surface area contributed by atoms with Gasteiger partial charge in [0.2, 0.25) is 11.8 Å². The Labute approximate surface area is 171 Å². The topological polar surface area (TPSA) is 136 Å². The number of hydrogen-bond acceptors (Lipinski definition) is 7. The van der Waals surface area contributed by atoms with E-state index in [0.717, 1.165) is 47.0 Å². The molecule has 4 heterocycles. The van der Waals surface area contributed by atoms with Gasteiger partial charge in [-0.1, -0.05) is 6.07 Å². The van der Waals surface area contributed by atoms with Crippen molar-refractivity contribution in [1.29, 1.82) is 0 Å². The molecule has 1 aromatic heterocycles. The van der Waals surface area contributed by atoms with E-state index in [4.69, 9.17) is 0 Å². The molecule has 30 heavy (non-hydrogen) atoms. The van der Waals surface area contributed by atoms with E-state index in [1.165, 1.54) is 0 Å². The fourth-order valence-corrected chi connectivity index (χ4v) is 4.20. The third-order valence-corrected chi connectivity index (χ3v) is 5.77. The number of anilines is 1. The number of nitrogens with zero attached hydrogens (tertiary/aromatic N) is 2. The Balaban J connectivity index is 1.34. The smallest absolute Gasteiger partial charge is 0.262 e. The molecule has 1 unspecified atom stereocenters. The molecular weight excluding hydrogens is 388 g/mol. The normalized spacial score (nSPS) is 20.8. The van der Waals surface area contributed by atoms with Gasteiger partial charge in [-0.15, -0.1) is 0 Å². The summed E-state index contributed by atoms with van der Waals surface area (Å²) in [5.74, 6) is -1.22. The van der Waals surface area contributed by atoms with Gasteiger partial charge in [0.05, 0.1) is 16.8 Å². The number of amides is 4. The van der Waals surface area contributed by atoms with Gasteiger partial charge in [-0.3, -0.25) is 34.5 Å². The standard InChI is InChI=1S/C20H20N6O4/c27-16-4-3-15(18(28)23-16)26-19(29)11-2-1-10(7-13(11)20(26)30)8-22-17-12-5-6-21-9-14(12)24-25-17/h1-2,7,15,21H,3-6,8-9H2,(H2,22,24,25)(H,23,27,28). The molecule has 0 radical (unpaired) electrons. The van der Waals surface area contributed by atoms with E-state index in [0.29, 0.717) is 6.54 Å². The summed E-state index contributed by atoms with van der Waals surface area (Å²) in [7, 11) is 0. The number of carbonyl (C=O) groups is 4. The molecule has 0 bridgehead atoms. The lowest BCUT2D eigenvalue weighted by Gasteiger charge is -2.27. The highest BCUT2D eigenvalue weighted by Gasteiger charge is 2.44. The highest BCUT2D eigenvalue weighted by molar-refractivity contribution is 6.23. The van der Waals surface area contributed by atoms with E-state index in [1.807, 2.05) is 0 Å². The van der Waals surface area contributed by atoms with Crippen molar-refractivity contribution >= 4 is 29.4 Å². The lowest BCUT2D eigenvalue weighted by atomic mass is 10.0. The van der Waals surface area contributed by atoms with Gasteiger partial charge in [0, 0.05) is 25.1 Å². The van der Waals surface area contributed by atoms with Crippen molar-refractivity contribution in [2.45, 2.75) is 38.4 Å². The Morgan fingerprint density at radius 1 is 1.10 bits per heavy atom. The second-order valence-electron chi connectivity index (χ2n) is 7.64. The molecule has 10 nitrogen and oxygen atoms in total. The molecule has 0 saturated carbocycles. The molecule has 1 atom stereocenters. The first kappa shape index (κ1) is 18.5. The van der Waals surface area contributed by atoms with Crippen molar-refractivity contribution in [3.63, 3.8) is 0 Å². The zero-order valence-corrected chi connectivity index (χ0v) is 16.1. The van der Waals surface area contributed by atoms with Crippen LogP contribution in [-0.2, 0) is 29.1 Å². The van der Waals surface area contributed by atoms with Crippen LogP contribution in [0.1, 0.15) is 50.4 Å². The van der Waals surface area contributed by atoms with Crippen LogP contribution in [0.4, 0.5) is 5.82 Å². The van der Waals surface area contributed by atoms with Gasteiger partial charge in [0.1, 0.15) is 6.04 Å². The average molecular weight is 408 g/mol. The number of nitrogens with one attached hydrogen (secondary N) is 4. The van der Waals surface area contributed by atoms with Crippen LogP contribution in [0.3, 0.4) is 0 Å². The molecule has 5 rings (SSSR count). The minimum absolute atomic E-state index is 0.0997. The molecule has 154 valence electrons. The van der Waals surface area contributed by atoms with E-state index in [-0.39, 0.29) is 24.0 Å². The summed E-state index contributed by atoms with van der Waals surface area (Å²) in [4.78, 5) is 50.2. The summed E-state index contributed by atoms with van der Waals surface area (Å²) in [5, 5.41) is 16.1. The zero-order chi connectivity index (χ0) is 20.8. The van der Waals surface area contributed by atoms with E-state index in [9.17, 15) is 19.2 Å². The second-order valence-corrected chi connectivity index (χ2v) is 7.64. The SMILES string of the molecule is O=C1CCC(N2C(=O)c3ccc(CNc4n[nH]c5c4CCNC5)cc3C2=O)C(=O)N1. The van der Waals surface area contributed by atoms with E-state index < -0.39 is 29.7 Å². The quantitative estimate of drug-likeness (QED) is 0.526. The summed E-state index contributed by atoms with van der Waals surface area (Å²) in [5.41, 5.74) is 3.60. The van der Waals surface area contributed by atoms with Crippen molar-refractivity contribution < 1.29 is 19.2 Å². The summed E-state index contributed by atoms with van der Waals surface area (Å²) in [6.45, 7) is 2.10. The van der Waals surface area contributed by atoms with Crippen LogP contribution in [0.5, 0.6) is 0 Å². The number of H-pyrrole nitrogens is 1. The number of carbonyl (C=O) groups excluding carboxylic acids is 4. The Bertz CT molecular complexity index is 1090. The van der Waals surface area contributed by atoms with Gasteiger partial charge in [-0.2, -0.15) is 5.10 Å². The highest BCUT2D eigenvalue weighted by Crippen LogP contribution is 2.29. The monoisotopic (exact) mass is 408 g/mol. The molecule has 1 aromatic carbocycles. The molecular formula is C20H20N6O4. The first-order valence-electron chi connectivity index (χ1n) is 9.88. The van der Waals surface area contributed by atoms with Crippen LogP contribution in [0.25, 0.3) is 0 Å². The first-order chi connectivity index (χ1) is 14.5. The molecule has 4 amide bonds. The molecule has 0 aliphatic carbocycles. The Kier molecular flexibility index (Phi) is 4.35. The largest absolute Gasteiger partial charge is 0.364 e. The van der Waals surface area contributed by atoms with Gasteiger partial charge in [0.15, 0.2) is 5.82 Å². The predicted octanol–water partition coefficient (Wildman–Crippen LogP) is 0.0687. The number of hydrogen-bond donors (Lipinski definition) is 4. The van der Waals surface area contributed by atoms with E-state index in [2.05, 4.69) is 26.1 Å².